The lowest BCUT2D eigenvalue weighted by atomic mass is 9.91. The van der Waals surface area contributed by atoms with Crippen molar-refractivity contribution in [3.05, 3.63) is 59.4 Å². The topological polar surface area (TPSA) is 82.1 Å². The van der Waals surface area contributed by atoms with Crippen LogP contribution in [0.1, 0.15) is 24.1 Å². The second-order valence-corrected chi connectivity index (χ2v) is 7.02. The highest BCUT2D eigenvalue weighted by Gasteiger charge is 2.54. The summed E-state index contributed by atoms with van der Waals surface area (Å²) in [5, 5.41) is 0. The molecular weight excluding hydrogens is 450 g/mol. The fraction of sp³-hybridized carbons (Fsp3) is 0.318. The Morgan fingerprint density at radius 2 is 1.76 bits per heavy atom. The maximum atomic E-state index is 14.9. The van der Waals surface area contributed by atoms with Gasteiger partial charge in [0.2, 0.25) is 5.78 Å². The van der Waals surface area contributed by atoms with Crippen molar-refractivity contribution in [2.75, 3.05) is 13.7 Å². The summed E-state index contributed by atoms with van der Waals surface area (Å²) in [5.41, 5.74) is 0.129. The van der Waals surface area contributed by atoms with E-state index in [9.17, 15) is 31.9 Å². The lowest BCUT2D eigenvalue weighted by Crippen LogP contribution is -2.32. The molecule has 1 heterocycles. The molecule has 2 aromatic rings. The van der Waals surface area contributed by atoms with Gasteiger partial charge in [0.25, 0.3) is 5.91 Å². The third-order valence-corrected chi connectivity index (χ3v) is 4.98. The van der Waals surface area contributed by atoms with Gasteiger partial charge in [-0.2, -0.15) is 0 Å². The number of ether oxygens (including phenoxy) is 3. The van der Waals surface area contributed by atoms with Crippen molar-refractivity contribution in [3.8, 4) is 11.5 Å². The molecule has 7 nitrogen and oxygen atoms in total. The van der Waals surface area contributed by atoms with Crippen molar-refractivity contribution in [1.29, 1.82) is 0 Å². The van der Waals surface area contributed by atoms with Crippen molar-refractivity contribution in [2.24, 2.45) is 5.92 Å². The zero-order valence-electron chi connectivity index (χ0n) is 17.5. The van der Waals surface area contributed by atoms with E-state index in [1.54, 1.807) is 0 Å². The molecule has 1 fully saturated rings. The summed E-state index contributed by atoms with van der Waals surface area (Å²) in [6, 6.07) is 7.06. The van der Waals surface area contributed by atoms with Crippen LogP contribution in [0.4, 0.5) is 17.6 Å². The van der Waals surface area contributed by atoms with Gasteiger partial charge in [-0.05, 0) is 36.8 Å². The van der Waals surface area contributed by atoms with Gasteiger partial charge in [0.1, 0.15) is 23.2 Å². The number of carbonyl (C=O) groups is 3. The Balaban J connectivity index is 2.02. The molecule has 33 heavy (non-hydrogen) atoms. The van der Waals surface area contributed by atoms with Gasteiger partial charge in [0, 0.05) is 6.54 Å². The molecule has 0 N–H and O–H groups in total. The molecule has 2 atom stereocenters. The number of nitrogens with zero attached hydrogens (tertiary/aromatic N) is 1. The number of benzene rings is 2. The van der Waals surface area contributed by atoms with Crippen LogP contribution in [0, 0.1) is 11.7 Å². The van der Waals surface area contributed by atoms with Crippen LogP contribution in [0.25, 0.3) is 0 Å². The fourth-order valence-corrected chi connectivity index (χ4v) is 3.66. The first-order chi connectivity index (χ1) is 15.6. The number of methoxy groups -OCH3 is 1. The Morgan fingerprint density at radius 1 is 1.09 bits per heavy atom. The summed E-state index contributed by atoms with van der Waals surface area (Å²) in [6.45, 7) is 1.15. The lowest BCUT2D eigenvalue weighted by Gasteiger charge is -2.28. The molecule has 176 valence electrons. The number of likely N-dealkylation sites (tertiary alicyclic amines) is 1. The monoisotopic (exact) mass is 469 g/mol. The standard InChI is InChI=1S/C22H19F4NO6/c1-3-32-21(30)17-18(16-14(23)5-4-6-15(16)31-2)27(20(29)19(17)28)11-12-7-9-13(10-8-12)33-22(24,25)26/h4-10,17-18H,3,11H2,1-2H3/t17-,18+/m1/s1. The molecule has 0 saturated carbocycles. The van der Waals surface area contributed by atoms with Crippen LogP contribution in [0.15, 0.2) is 42.5 Å². The van der Waals surface area contributed by atoms with Crippen LogP contribution in [0.2, 0.25) is 0 Å². The van der Waals surface area contributed by atoms with E-state index in [0.29, 0.717) is 5.56 Å². The summed E-state index contributed by atoms with van der Waals surface area (Å²) in [4.78, 5) is 39.1. The number of rotatable bonds is 7. The van der Waals surface area contributed by atoms with Crippen LogP contribution >= 0.6 is 0 Å². The number of hydrogen-bond acceptors (Lipinski definition) is 6. The minimum absolute atomic E-state index is 0.00993. The molecule has 2 aromatic carbocycles. The van der Waals surface area contributed by atoms with E-state index in [1.165, 1.54) is 38.3 Å². The van der Waals surface area contributed by atoms with Crippen molar-refractivity contribution in [3.63, 3.8) is 0 Å². The lowest BCUT2D eigenvalue weighted by molar-refractivity contribution is -0.274. The minimum Gasteiger partial charge on any atom is -0.496 e. The van der Waals surface area contributed by atoms with Gasteiger partial charge in [-0.1, -0.05) is 18.2 Å². The van der Waals surface area contributed by atoms with Crippen LogP contribution in [-0.2, 0) is 25.7 Å². The normalized spacial score (nSPS) is 18.4. The number of hydrogen-bond donors (Lipinski definition) is 0. The number of ketones is 1. The summed E-state index contributed by atoms with van der Waals surface area (Å²) in [5.74, 6) is -6.06. The van der Waals surface area contributed by atoms with Crippen LogP contribution in [0.5, 0.6) is 11.5 Å². The molecular formula is C22H19F4NO6. The number of amides is 1. The zero-order valence-corrected chi connectivity index (χ0v) is 17.5. The first-order valence-electron chi connectivity index (χ1n) is 9.76. The van der Waals surface area contributed by atoms with Crippen molar-refractivity contribution < 1.29 is 46.2 Å². The van der Waals surface area contributed by atoms with Gasteiger partial charge >= 0.3 is 12.3 Å². The average Bonchev–Trinajstić information content (AvgIpc) is 2.98. The highest BCUT2D eigenvalue weighted by Crippen LogP contribution is 2.43. The highest BCUT2D eigenvalue weighted by atomic mass is 19.4. The molecule has 1 amide bonds. The molecule has 0 aromatic heterocycles. The number of carbonyl (C=O) groups excluding carboxylic acids is 3. The van der Waals surface area contributed by atoms with Crippen LogP contribution in [0.3, 0.4) is 0 Å². The van der Waals surface area contributed by atoms with E-state index in [4.69, 9.17) is 9.47 Å². The fourth-order valence-electron chi connectivity index (χ4n) is 3.66. The van der Waals surface area contributed by atoms with E-state index in [0.717, 1.165) is 23.1 Å². The first kappa shape index (κ1) is 24.0. The van der Waals surface area contributed by atoms with E-state index < -0.39 is 47.5 Å². The van der Waals surface area contributed by atoms with Gasteiger partial charge < -0.3 is 19.1 Å². The summed E-state index contributed by atoms with van der Waals surface area (Å²) < 4.78 is 66.0. The first-order valence-corrected chi connectivity index (χ1v) is 9.76. The smallest absolute Gasteiger partial charge is 0.496 e. The number of alkyl halides is 3. The van der Waals surface area contributed by atoms with Crippen LogP contribution in [-0.4, -0.2) is 42.6 Å². The second kappa shape index (κ2) is 9.47. The van der Waals surface area contributed by atoms with Gasteiger partial charge in [-0.3, -0.25) is 14.4 Å². The molecule has 3 rings (SSSR count). The number of esters is 1. The molecule has 0 unspecified atom stereocenters. The third-order valence-electron chi connectivity index (χ3n) is 4.98. The van der Waals surface area contributed by atoms with Crippen molar-refractivity contribution in [2.45, 2.75) is 25.9 Å². The Hall–Kier alpha value is -3.63. The van der Waals surface area contributed by atoms with Gasteiger partial charge in [-0.25, -0.2) is 4.39 Å². The molecule has 1 aliphatic heterocycles. The molecule has 0 aliphatic carbocycles. The quantitative estimate of drug-likeness (QED) is 0.267. The Kier molecular flexibility index (Phi) is 6.89. The minimum atomic E-state index is -4.88. The van der Waals surface area contributed by atoms with E-state index >= 15 is 0 Å². The maximum absolute atomic E-state index is 14.9. The van der Waals surface area contributed by atoms with Crippen molar-refractivity contribution >= 4 is 17.7 Å². The average molecular weight is 469 g/mol. The van der Waals surface area contributed by atoms with E-state index in [2.05, 4.69) is 4.74 Å². The van der Waals surface area contributed by atoms with E-state index in [1.807, 2.05) is 0 Å². The molecule has 0 radical (unpaired) electrons. The predicted octanol–water partition coefficient (Wildman–Crippen LogP) is 3.56. The maximum Gasteiger partial charge on any atom is 0.573 e. The molecule has 1 saturated heterocycles. The van der Waals surface area contributed by atoms with E-state index in [-0.39, 0.29) is 24.5 Å². The largest absolute Gasteiger partial charge is 0.573 e. The Labute approximate surface area is 185 Å². The summed E-state index contributed by atoms with van der Waals surface area (Å²) in [6.07, 6.45) is -4.88. The SMILES string of the molecule is CCOC(=O)[C@H]1C(=O)C(=O)N(Cc2ccc(OC(F)(F)F)cc2)[C@H]1c1c(F)cccc1OC. The zero-order chi connectivity index (χ0) is 24.3. The summed E-state index contributed by atoms with van der Waals surface area (Å²) in [7, 11) is 1.26. The molecule has 0 spiro atoms. The van der Waals surface area contributed by atoms with Crippen molar-refractivity contribution in [1.82, 2.24) is 4.90 Å². The Bertz CT molecular complexity index is 1050. The Morgan fingerprint density at radius 3 is 2.33 bits per heavy atom. The highest BCUT2D eigenvalue weighted by molar-refractivity contribution is 6.42. The van der Waals surface area contributed by atoms with Gasteiger partial charge in [0.05, 0.1) is 25.3 Å². The third kappa shape index (κ3) is 5.07. The van der Waals surface area contributed by atoms with Crippen LogP contribution < -0.4 is 9.47 Å². The molecule has 0 bridgehead atoms. The molecule has 11 heteroatoms. The second-order valence-electron chi connectivity index (χ2n) is 7.02. The number of halogens is 4. The van der Waals surface area contributed by atoms with Gasteiger partial charge in [-0.15, -0.1) is 13.2 Å². The predicted molar refractivity (Wildman–Crippen MR) is 104 cm³/mol. The number of Topliss-reactive ketones (excluding diaryl/α,β-unsaturated/α-hetero) is 1. The summed E-state index contributed by atoms with van der Waals surface area (Å²) >= 11 is 0. The molecule has 1 aliphatic rings. The van der Waals surface area contributed by atoms with Gasteiger partial charge in [0.15, 0.2) is 0 Å².